The SMILES string of the molecule is CC(C)C[C@H](N)CO/C(Cl)=C\Cl. The van der Waals surface area contributed by atoms with Crippen molar-refractivity contribution in [1.82, 2.24) is 0 Å². The first-order valence-electron chi connectivity index (χ1n) is 3.90. The van der Waals surface area contributed by atoms with Crippen molar-refractivity contribution in [1.29, 1.82) is 0 Å². The van der Waals surface area contributed by atoms with E-state index in [1.807, 2.05) is 0 Å². The number of hydrogen-bond acceptors (Lipinski definition) is 2. The third-order valence-corrected chi connectivity index (χ3v) is 1.82. The minimum absolute atomic E-state index is 0.0235. The second-order valence-electron chi connectivity index (χ2n) is 3.11. The van der Waals surface area contributed by atoms with Crippen LogP contribution in [-0.2, 0) is 4.74 Å². The lowest BCUT2D eigenvalue weighted by Gasteiger charge is -2.13. The van der Waals surface area contributed by atoms with Crippen LogP contribution >= 0.6 is 23.2 Å². The first-order chi connectivity index (χ1) is 5.56. The Hall–Kier alpha value is 0.0800. The van der Waals surface area contributed by atoms with E-state index in [4.69, 9.17) is 33.7 Å². The van der Waals surface area contributed by atoms with Crippen LogP contribution in [0.2, 0.25) is 0 Å². The van der Waals surface area contributed by atoms with Crippen LogP contribution < -0.4 is 5.73 Å². The summed E-state index contributed by atoms with van der Waals surface area (Å²) in [7, 11) is 0. The molecule has 2 nitrogen and oxygen atoms in total. The zero-order chi connectivity index (χ0) is 9.56. The summed E-state index contributed by atoms with van der Waals surface area (Å²) in [5.74, 6) is 0.572. The van der Waals surface area contributed by atoms with Crippen molar-refractivity contribution in [2.24, 2.45) is 11.7 Å². The highest BCUT2D eigenvalue weighted by molar-refractivity contribution is 6.35. The Labute approximate surface area is 83.7 Å². The molecule has 0 aliphatic heterocycles. The van der Waals surface area contributed by atoms with Crippen LogP contribution in [0.25, 0.3) is 0 Å². The third kappa shape index (κ3) is 6.77. The lowest BCUT2D eigenvalue weighted by Crippen LogP contribution is -2.27. The molecule has 0 aromatic heterocycles. The van der Waals surface area contributed by atoms with E-state index in [2.05, 4.69) is 13.8 Å². The summed E-state index contributed by atoms with van der Waals surface area (Å²) in [5, 5.41) is 0.191. The highest BCUT2D eigenvalue weighted by Gasteiger charge is 2.06. The molecule has 0 radical (unpaired) electrons. The van der Waals surface area contributed by atoms with Crippen LogP contribution in [0.4, 0.5) is 0 Å². The molecule has 0 rings (SSSR count). The Morgan fingerprint density at radius 1 is 1.58 bits per heavy atom. The van der Waals surface area contributed by atoms with Crippen LogP contribution in [0.15, 0.2) is 10.8 Å². The maximum atomic E-state index is 5.72. The van der Waals surface area contributed by atoms with Gasteiger partial charge in [0.25, 0.3) is 0 Å². The molecule has 12 heavy (non-hydrogen) atoms. The number of rotatable bonds is 5. The van der Waals surface area contributed by atoms with Gasteiger partial charge in [-0.2, -0.15) is 0 Å². The number of hydrogen-bond donors (Lipinski definition) is 1. The molecule has 0 heterocycles. The molecule has 0 spiro atoms. The molecule has 4 heteroatoms. The van der Waals surface area contributed by atoms with Crippen molar-refractivity contribution < 1.29 is 4.74 Å². The van der Waals surface area contributed by atoms with Crippen LogP contribution in [-0.4, -0.2) is 12.6 Å². The zero-order valence-corrected chi connectivity index (χ0v) is 8.90. The van der Waals surface area contributed by atoms with Gasteiger partial charge in [0.2, 0.25) is 0 Å². The maximum absolute atomic E-state index is 5.72. The highest BCUT2D eigenvalue weighted by atomic mass is 35.5. The summed E-state index contributed by atoms with van der Waals surface area (Å²) in [6, 6.07) is 0.0235. The fraction of sp³-hybridized carbons (Fsp3) is 0.750. The minimum atomic E-state index is 0.0235. The fourth-order valence-corrected chi connectivity index (χ4v) is 1.02. The molecule has 0 aliphatic rings. The normalized spacial score (nSPS) is 15.0. The Balaban J connectivity index is 3.50. The molecule has 1 atom stereocenters. The standard InChI is InChI=1S/C8H15Cl2NO/c1-6(2)3-7(11)5-12-8(10)4-9/h4,6-7H,3,5,11H2,1-2H3/b8-4-/t7-/m0/s1. The summed E-state index contributed by atoms with van der Waals surface area (Å²) < 4.78 is 5.02. The van der Waals surface area contributed by atoms with Crippen molar-refractivity contribution in [3.05, 3.63) is 10.8 Å². The molecule has 0 amide bonds. The smallest absolute Gasteiger partial charge is 0.198 e. The third-order valence-electron chi connectivity index (χ3n) is 1.30. The first-order valence-corrected chi connectivity index (χ1v) is 4.72. The molecule has 0 saturated heterocycles. The average molecular weight is 212 g/mol. The molecule has 0 aliphatic carbocycles. The highest BCUT2D eigenvalue weighted by Crippen LogP contribution is 2.08. The number of halogens is 2. The van der Waals surface area contributed by atoms with Gasteiger partial charge in [0.1, 0.15) is 6.61 Å². The van der Waals surface area contributed by atoms with E-state index in [0.29, 0.717) is 12.5 Å². The van der Waals surface area contributed by atoms with E-state index >= 15 is 0 Å². The van der Waals surface area contributed by atoms with Gasteiger partial charge in [-0.1, -0.05) is 25.4 Å². The Kier molecular flexibility index (Phi) is 6.62. The Morgan fingerprint density at radius 3 is 2.58 bits per heavy atom. The van der Waals surface area contributed by atoms with Crippen molar-refractivity contribution in [3.8, 4) is 0 Å². The van der Waals surface area contributed by atoms with Crippen molar-refractivity contribution in [3.63, 3.8) is 0 Å². The zero-order valence-electron chi connectivity index (χ0n) is 7.39. The lowest BCUT2D eigenvalue weighted by molar-refractivity contribution is 0.204. The molecule has 72 valence electrons. The van der Waals surface area contributed by atoms with E-state index in [1.54, 1.807) is 0 Å². The summed E-state index contributed by atoms with van der Waals surface area (Å²) >= 11 is 10.8. The molecule has 0 bridgehead atoms. The molecule has 0 aromatic carbocycles. The maximum Gasteiger partial charge on any atom is 0.198 e. The minimum Gasteiger partial charge on any atom is -0.481 e. The topological polar surface area (TPSA) is 35.2 Å². The molecule has 0 saturated carbocycles. The molecule has 0 fully saturated rings. The molecule has 2 N–H and O–H groups in total. The summed E-state index contributed by atoms with van der Waals surface area (Å²) in [5.41, 5.74) is 6.91. The Bertz CT molecular complexity index is 148. The monoisotopic (exact) mass is 211 g/mol. The van der Waals surface area contributed by atoms with Gasteiger partial charge >= 0.3 is 0 Å². The van der Waals surface area contributed by atoms with Crippen LogP contribution in [0.1, 0.15) is 20.3 Å². The van der Waals surface area contributed by atoms with Gasteiger partial charge in [0.05, 0.1) is 5.54 Å². The summed E-state index contributed by atoms with van der Waals surface area (Å²) in [4.78, 5) is 0. The van der Waals surface area contributed by atoms with Gasteiger partial charge in [0, 0.05) is 6.04 Å². The van der Waals surface area contributed by atoms with E-state index in [0.717, 1.165) is 6.42 Å². The van der Waals surface area contributed by atoms with Gasteiger partial charge in [-0.05, 0) is 23.9 Å². The van der Waals surface area contributed by atoms with E-state index < -0.39 is 0 Å². The predicted octanol–water partition coefficient (Wildman–Crippen LogP) is 2.65. The van der Waals surface area contributed by atoms with E-state index in [1.165, 1.54) is 5.54 Å². The molecule has 0 aromatic rings. The van der Waals surface area contributed by atoms with Gasteiger partial charge in [0.15, 0.2) is 5.22 Å². The molecule has 0 unspecified atom stereocenters. The number of nitrogens with two attached hydrogens (primary N) is 1. The van der Waals surface area contributed by atoms with Gasteiger partial charge in [-0.15, -0.1) is 0 Å². The second-order valence-corrected chi connectivity index (χ2v) is 3.70. The van der Waals surface area contributed by atoms with Crippen LogP contribution in [0.3, 0.4) is 0 Å². The second kappa shape index (κ2) is 6.58. The largest absolute Gasteiger partial charge is 0.481 e. The van der Waals surface area contributed by atoms with Crippen molar-refractivity contribution >= 4 is 23.2 Å². The fourth-order valence-electron chi connectivity index (χ4n) is 0.892. The Morgan fingerprint density at radius 2 is 2.17 bits per heavy atom. The first kappa shape index (κ1) is 12.1. The van der Waals surface area contributed by atoms with Crippen LogP contribution in [0.5, 0.6) is 0 Å². The summed E-state index contributed by atoms with van der Waals surface area (Å²) in [6.45, 7) is 4.64. The summed E-state index contributed by atoms with van der Waals surface area (Å²) in [6.07, 6.45) is 0.923. The van der Waals surface area contributed by atoms with E-state index in [-0.39, 0.29) is 11.3 Å². The quantitative estimate of drug-likeness (QED) is 0.711. The lowest BCUT2D eigenvalue weighted by atomic mass is 10.1. The van der Waals surface area contributed by atoms with Crippen molar-refractivity contribution in [2.75, 3.05) is 6.61 Å². The van der Waals surface area contributed by atoms with E-state index in [9.17, 15) is 0 Å². The molecular weight excluding hydrogens is 197 g/mol. The van der Waals surface area contributed by atoms with Crippen LogP contribution in [0, 0.1) is 5.92 Å². The van der Waals surface area contributed by atoms with Crippen molar-refractivity contribution in [2.45, 2.75) is 26.3 Å². The van der Waals surface area contributed by atoms with Gasteiger partial charge in [-0.3, -0.25) is 0 Å². The number of ether oxygens (including phenoxy) is 1. The molecular formula is C8H15Cl2NO. The van der Waals surface area contributed by atoms with Gasteiger partial charge < -0.3 is 10.5 Å². The predicted molar refractivity (Wildman–Crippen MR) is 53.2 cm³/mol. The van der Waals surface area contributed by atoms with Gasteiger partial charge in [-0.25, -0.2) is 0 Å². The average Bonchev–Trinajstić information content (AvgIpc) is 1.99.